The molecule has 3 saturated carbocycles. The van der Waals surface area contributed by atoms with E-state index in [9.17, 15) is 36.6 Å². The molecule has 16 heterocycles. The quantitative estimate of drug-likeness (QED) is 0.0812. The molecule has 6 N–H and O–H groups in total. The number of hydrogen-bond acceptors (Lipinski definition) is 22. The fourth-order valence-corrected chi connectivity index (χ4v) is 22.8. The van der Waals surface area contributed by atoms with Gasteiger partial charge in [-0.15, -0.1) is 65.7 Å². The SMILES string of the molecule is C[C@H]1C[C@@]2(C[C@@H](c3cn(C)nn3)N1)OCC(C)(O)c1cc(C(F)(F)F)sc12.Cn1cc([C@@H]2C[C@]3(C[C@H](C4CC4)N2)OCCc2cc(C(F)(F)F)sc23)nn1.Cn1cc([C@@H]2C[C@]3(C[C@H](C4CC4)N2)OCCc2cc(Cl)sc23)nn1.Cn1cc([C@@H]2C[C@]3(C[C@H](C4CC4)N2)OC[C@@H](O)c2cc(Cl)sc23)nn1. The maximum absolute atomic E-state index is 13.4. The number of nitrogens with one attached hydrogen (secondary N) is 4. The fraction of sp³-hybridized carbons (Fsp3) is 0.652. The second kappa shape index (κ2) is 27.4. The maximum atomic E-state index is 13.4. The van der Waals surface area contributed by atoms with Gasteiger partial charge in [0.1, 0.15) is 43.9 Å². The van der Waals surface area contributed by atoms with E-state index >= 15 is 0 Å². The van der Waals surface area contributed by atoms with Crippen molar-refractivity contribution in [3.05, 3.63) is 132 Å². The molecule has 34 heteroatoms. The average Bonchev–Trinajstić information content (AvgIpc) is 1.65. The van der Waals surface area contributed by atoms with Crippen LogP contribution in [-0.4, -0.2) is 121 Å². The van der Waals surface area contributed by atoms with Gasteiger partial charge in [-0.1, -0.05) is 44.1 Å². The molecule has 0 bridgehead atoms. The third kappa shape index (κ3) is 14.6. The van der Waals surface area contributed by atoms with Crippen molar-refractivity contribution in [2.75, 3.05) is 26.4 Å². The van der Waals surface area contributed by atoms with Crippen LogP contribution >= 0.6 is 68.5 Å². The highest BCUT2D eigenvalue weighted by molar-refractivity contribution is 7.17. The highest BCUT2D eigenvalue weighted by Gasteiger charge is 2.57. The number of ether oxygens (including phenoxy) is 4. The Kier molecular flexibility index (Phi) is 19.2. The second-order valence-electron chi connectivity index (χ2n) is 30.6. The Morgan fingerprint density at radius 1 is 0.495 bits per heavy atom. The van der Waals surface area contributed by atoms with E-state index in [2.05, 4.69) is 68.6 Å². The smallest absolute Gasteiger partial charge is 0.386 e. The van der Waals surface area contributed by atoms with Gasteiger partial charge in [-0.2, -0.15) is 26.3 Å². The van der Waals surface area contributed by atoms with E-state index in [1.165, 1.54) is 49.1 Å². The summed E-state index contributed by atoms with van der Waals surface area (Å²) in [5.41, 5.74) is 3.33. The minimum Gasteiger partial charge on any atom is -0.386 e. The van der Waals surface area contributed by atoms with Gasteiger partial charge in [0.25, 0.3) is 0 Å². The summed E-state index contributed by atoms with van der Waals surface area (Å²) < 4.78 is 114. The molecule has 0 aromatic carbocycles. The number of rotatable bonds is 7. The monoisotopic (exact) mass is 1540 g/mol. The van der Waals surface area contributed by atoms with Crippen molar-refractivity contribution in [3.8, 4) is 0 Å². The normalized spacial score (nSPS) is 33.3. The molecule has 7 fully saturated rings. The fourth-order valence-electron chi connectivity index (χ4n) is 17.3. The van der Waals surface area contributed by atoms with Gasteiger partial charge < -0.3 is 50.4 Å². The number of aryl methyl sites for hydroxylation is 4. The first kappa shape index (κ1) is 72.3. The zero-order valence-electron chi connectivity index (χ0n) is 57.7. The number of fused-ring (bicyclic) bond motifs is 8. The topological polar surface area (TPSA) is 248 Å². The molecule has 8 aromatic rings. The first-order valence-corrected chi connectivity index (χ1v) is 39.5. The molecule has 0 amide bonds. The van der Waals surface area contributed by atoms with E-state index in [0.717, 1.165) is 129 Å². The Morgan fingerprint density at radius 3 is 1.32 bits per heavy atom. The van der Waals surface area contributed by atoms with Gasteiger partial charge in [0.15, 0.2) is 0 Å². The summed E-state index contributed by atoms with van der Waals surface area (Å²) in [6.45, 7) is 4.99. The molecule has 0 radical (unpaired) electrons. The molecule has 14 atom stereocenters. The van der Waals surface area contributed by atoms with Gasteiger partial charge in [-0.05, 0) is 144 Å². The number of halogens is 8. The minimum absolute atomic E-state index is 0.00177. The van der Waals surface area contributed by atoms with Crippen molar-refractivity contribution in [2.24, 2.45) is 45.9 Å². The molecular weight excluding hydrogens is 1460 g/mol. The van der Waals surface area contributed by atoms with Crippen LogP contribution in [0.4, 0.5) is 26.3 Å². The Hall–Kier alpha value is -4.88. The van der Waals surface area contributed by atoms with Crippen LogP contribution in [0.5, 0.6) is 0 Å². The van der Waals surface area contributed by atoms with Crippen LogP contribution < -0.4 is 21.3 Å². The summed E-state index contributed by atoms with van der Waals surface area (Å²) in [5.74, 6) is 2.04. The Bertz CT molecular complexity index is 4390. The largest absolute Gasteiger partial charge is 0.425 e. The standard InChI is InChI=1S/C18H21F3N4OS.C17H21ClN4O2S.C17H21ClN4OS.C17H21F3N4O2S/c1-25-9-14(23-24-25)13-8-17(7-12(22-13)10-2-3-10)16-11(4-5-26-17)6-15(27-16)18(19,20)21;1-22-7-13(20-21-22)12-6-17(5-11(19-12)9-2-3-9)16-10(4-15(18)25-16)14(23)8-24-17;1-22-9-14(20-21-22)13-8-17(7-12(19-13)10-2-3-10)16-11(4-5-23-17)6-15(18)24-16;1-9-5-16(6-11(21-9)12-7-24(3)23-22-12)14-10(15(2,25)8-26-16)4-13(27-14)17(18,19)20/h6,9-10,12-13,22H,2-5,7-8H2,1H3;4,7,9,11-12,14,19,23H,2-3,5-6,8H2,1H3;6,9-10,12-13,19H,2-5,7-8H2,1H3;4,7,9,11,21,25H,5-6,8H2,1-3H3/t12-,13+,17+;11-,12+,14-,17+;12-,13+,17+;9-,11-,15?,16-/m1110/s1. The number of nitrogens with zero attached hydrogens (tertiary/aromatic N) is 12. The number of alkyl halides is 6. The summed E-state index contributed by atoms with van der Waals surface area (Å²) in [6.07, 6.45) is 13.2. The molecule has 8 aromatic heterocycles. The van der Waals surface area contributed by atoms with E-state index in [0.29, 0.717) is 88.9 Å². The average molecular weight is 1550 g/mol. The van der Waals surface area contributed by atoms with Gasteiger partial charge >= 0.3 is 12.4 Å². The Balaban J connectivity index is 0.000000106. The molecule has 556 valence electrons. The molecule has 22 nitrogen and oxygen atoms in total. The Labute approximate surface area is 617 Å². The molecule has 11 aliphatic rings. The highest BCUT2D eigenvalue weighted by atomic mass is 35.5. The van der Waals surface area contributed by atoms with Gasteiger partial charge in [0.2, 0.25) is 0 Å². The first-order valence-electron chi connectivity index (χ1n) is 35.5. The number of aromatic nitrogens is 12. The molecule has 4 spiro atoms. The Morgan fingerprint density at radius 2 is 0.883 bits per heavy atom. The van der Waals surface area contributed by atoms with E-state index < -0.39 is 50.6 Å². The third-order valence-electron chi connectivity index (χ3n) is 22.5. The molecule has 4 saturated heterocycles. The summed E-state index contributed by atoms with van der Waals surface area (Å²) in [4.78, 5) is 2.45. The van der Waals surface area contributed by atoms with Crippen molar-refractivity contribution in [1.29, 1.82) is 0 Å². The van der Waals surface area contributed by atoms with Crippen LogP contribution in [0.25, 0.3) is 0 Å². The number of thiophene rings is 4. The lowest BCUT2D eigenvalue weighted by atomic mass is 9.76. The zero-order valence-corrected chi connectivity index (χ0v) is 62.5. The molecule has 19 rings (SSSR count). The molecule has 3 aliphatic carbocycles. The predicted molar refractivity (Wildman–Crippen MR) is 373 cm³/mol. The van der Waals surface area contributed by atoms with E-state index in [1.54, 1.807) is 54.6 Å². The van der Waals surface area contributed by atoms with Crippen molar-refractivity contribution < 1.29 is 55.5 Å². The number of hydrogen-bond donors (Lipinski definition) is 6. The van der Waals surface area contributed by atoms with Crippen LogP contribution in [-0.2, 0) is 100 Å². The van der Waals surface area contributed by atoms with Crippen LogP contribution in [0.2, 0.25) is 8.67 Å². The molecular formula is C69H84Cl2F6N16O6S4. The number of aliphatic hydroxyl groups is 2. The predicted octanol–water partition coefficient (Wildman–Crippen LogP) is 12.3. The van der Waals surface area contributed by atoms with Gasteiger partial charge in [-0.25, -0.2) is 0 Å². The first-order chi connectivity index (χ1) is 49.0. The van der Waals surface area contributed by atoms with Crippen molar-refractivity contribution in [1.82, 2.24) is 81.2 Å². The van der Waals surface area contributed by atoms with Crippen molar-refractivity contribution >= 4 is 68.5 Å². The number of piperidine rings is 4. The van der Waals surface area contributed by atoms with Gasteiger partial charge in [-0.3, -0.25) is 18.7 Å². The summed E-state index contributed by atoms with van der Waals surface area (Å²) >= 11 is 17.4. The molecule has 1 unspecified atom stereocenters. The minimum atomic E-state index is -4.46. The lowest BCUT2D eigenvalue weighted by Gasteiger charge is -2.48. The van der Waals surface area contributed by atoms with Gasteiger partial charge in [0.05, 0.1) is 82.0 Å². The van der Waals surface area contributed by atoms with Crippen LogP contribution in [0.1, 0.15) is 208 Å². The van der Waals surface area contributed by atoms with Crippen LogP contribution in [0.3, 0.4) is 0 Å². The van der Waals surface area contributed by atoms with Crippen LogP contribution in [0, 0.1) is 17.8 Å². The summed E-state index contributed by atoms with van der Waals surface area (Å²) in [5, 5.41) is 69.0. The summed E-state index contributed by atoms with van der Waals surface area (Å²) in [7, 11) is 7.39. The molecule has 8 aliphatic heterocycles. The second-order valence-corrected chi connectivity index (χ2v) is 36.1. The zero-order chi connectivity index (χ0) is 71.9. The maximum Gasteiger partial charge on any atom is 0.425 e. The number of aliphatic hydroxyl groups excluding tert-OH is 1. The third-order valence-corrected chi connectivity index (χ3v) is 28.2. The van der Waals surface area contributed by atoms with E-state index in [1.807, 2.05) is 52.7 Å². The van der Waals surface area contributed by atoms with Gasteiger partial charge in [0, 0.05) is 133 Å². The van der Waals surface area contributed by atoms with E-state index in [4.69, 9.17) is 42.1 Å². The van der Waals surface area contributed by atoms with Crippen molar-refractivity contribution in [2.45, 2.75) is 211 Å². The van der Waals surface area contributed by atoms with Crippen LogP contribution in [0.15, 0.2) is 49.1 Å². The van der Waals surface area contributed by atoms with E-state index in [-0.39, 0.29) is 48.5 Å². The lowest BCUT2D eigenvalue weighted by Crippen LogP contribution is -2.52. The lowest BCUT2D eigenvalue weighted by molar-refractivity contribution is -0.160. The summed E-state index contributed by atoms with van der Waals surface area (Å²) in [6, 6.07) is 7.56. The highest BCUT2D eigenvalue weighted by Crippen LogP contribution is 2.59. The molecule has 103 heavy (non-hydrogen) atoms. The van der Waals surface area contributed by atoms with Crippen molar-refractivity contribution in [3.63, 3.8) is 0 Å².